The van der Waals surface area contributed by atoms with Gasteiger partial charge in [0, 0.05) is 25.2 Å². The van der Waals surface area contributed by atoms with Gasteiger partial charge in [-0.2, -0.15) is 0 Å². The molecular formula is C15H15Cl2N3O. The summed E-state index contributed by atoms with van der Waals surface area (Å²) in [5.74, 6) is 0.654. The molecule has 0 amide bonds. The van der Waals surface area contributed by atoms with Crippen molar-refractivity contribution in [2.45, 2.75) is 26.4 Å². The summed E-state index contributed by atoms with van der Waals surface area (Å²) in [6, 6.07) is 5.65. The average Bonchev–Trinajstić information content (AvgIpc) is 2.43. The molecule has 4 nitrogen and oxygen atoms in total. The van der Waals surface area contributed by atoms with Crippen LogP contribution in [0.25, 0.3) is 0 Å². The van der Waals surface area contributed by atoms with Crippen LogP contribution >= 0.6 is 23.2 Å². The number of halogens is 2. The van der Waals surface area contributed by atoms with Crippen molar-refractivity contribution >= 4 is 23.2 Å². The second kappa shape index (κ2) is 5.79. The summed E-state index contributed by atoms with van der Waals surface area (Å²) >= 11 is 12.3. The molecule has 0 atom stereocenters. The Bertz CT molecular complexity index is 742. The molecular weight excluding hydrogens is 309 g/mol. The van der Waals surface area contributed by atoms with E-state index >= 15 is 0 Å². The molecule has 0 saturated heterocycles. The van der Waals surface area contributed by atoms with E-state index in [0.29, 0.717) is 35.4 Å². The highest BCUT2D eigenvalue weighted by atomic mass is 35.5. The minimum atomic E-state index is -0.0158. The summed E-state index contributed by atoms with van der Waals surface area (Å²) in [6.45, 7) is 3.97. The summed E-state index contributed by atoms with van der Waals surface area (Å²) in [5.41, 5.74) is 2.64. The third-order valence-electron chi connectivity index (χ3n) is 3.70. The first-order chi connectivity index (χ1) is 10.0. The van der Waals surface area contributed by atoms with Gasteiger partial charge in [0.15, 0.2) is 0 Å². The van der Waals surface area contributed by atoms with Gasteiger partial charge in [0.05, 0.1) is 15.7 Å². The smallest absolute Gasteiger partial charge is 0.254 e. The molecule has 1 aromatic heterocycles. The van der Waals surface area contributed by atoms with Crippen molar-refractivity contribution in [3.8, 4) is 0 Å². The van der Waals surface area contributed by atoms with Crippen molar-refractivity contribution in [3.63, 3.8) is 0 Å². The molecule has 1 aliphatic heterocycles. The molecule has 2 aromatic rings. The zero-order chi connectivity index (χ0) is 15.0. The molecule has 1 aromatic carbocycles. The monoisotopic (exact) mass is 323 g/mol. The standard InChI is InChI=1S/C15H15Cl2N3O/c1-9-18-13-8-20(6-5-11(13)15(21)19-9)7-10-3-2-4-12(16)14(10)17/h2-4H,5-8H2,1H3,(H,18,19,21). The Morgan fingerprint density at radius 2 is 2.19 bits per heavy atom. The van der Waals surface area contributed by atoms with E-state index in [1.165, 1.54) is 0 Å². The lowest BCUT2D eigenvalue weighted by molar-refractivity contribution is 0.240. The maximum Gasteiger partial charge on any atom is 0.254 e. The minimum Gasteiger partial charge on any atom is -0.311 e. The molecule has 2 heterocycles. The molecule has 1 N–H and O–H groups in total. The fourth-order valence-corrected chi connectivity index (χ4v) is 3.04. The molecule has 0 radical (unpaired) electrons. The summed E-state index contributed by atoms with van der Waals surface area (Å²) in [7, 11) is 0. The summed E-state index contributed by atoms with van der Waals surface area (Å²) < 4.78 is 0. The van der Waals surface area contributed by atoms with Crippen LogP contribution in [0.2, 0.25) is 10.0 Å². The van der Waals surface area contributed by atoms with Crippen LogP contribution in [0.1, 0.15) is 22.6 Å². The molecule has 0 saturated carbocycles. The van der Waals surface area contributed by atoms with Crippen LogP contribution in [0.5, 0.6) is 0 Å². The molecule has 0 bridgehead atoms. The number of nitrogens with one attached hydrogen (secondary N) is 1. The van der Waals surface area contributed by atoms with E-state index in [0.717, 1.165) is 23.4 Å². The van der Waals surface area contributed by atoms with Gasteiger partial charge in [-0.25, -0.2) is 4.98 Å². The first-order valence-electron chi connectivity index (χ1n) is 6.78. The molecule has 6 heteroatoms. The second-order valence-electron chi connectivity index (χ2n) is 5.25. The van der Waals surface area contributed by atoms with Crippen molar-refractivity contribution in [2.24, 2.45) is 0 Å². The van der Waals surface area contributed by atoms with Gasteiger partial charge in [0.25, 0.3) is 5.56 Å². The van der Waals surface area contributed by atoms with Crippen molar-refractivity contribution in [3.05, 3.63) is 61.2 Å². The molecule has 3 rings (SSSR count). The van der Waals surface area contributed by atoms with Crippen molar-refractivity contribution in [2.75, 3.05) is 6.54 Å². The highest BCUT2D eigenvalue weighted by molar-refractivity contribution is 6.42. The number of nitrogens with zero attached hydrogens (tertiary/aromatic N) is 2. The number of fused-ring (bicyclic) bond motifs is 1. The molecule has 0 aliphatic carbocycles. The largest absolute Gasteiger partial charge is 0.311 e. The van der Waals surface area contributed by atoms with Gasteiger partial charge in [-0.15, -0.1) is 0 Å². The van der Waals surface area contributed by atoms with E-state index in [-0.39, 0.29) is 5.56 Å². The predicted octanol–water partition coefficient (Wildman–Crippen LogP) is 2.94. The van der Waals surface area contributed by atoms with Crippen LogP contribution in [0, 0.1) is 6.92 Å². The number of H-pyrrole nitrogens is 1. The van der Waals surface area contributed by atoms with Crippen LogP contribution in [-0.4, -0.2) is 21.4 Å². The number of hydrogen-bond acceptors (Lipinski definition) is 3. The van der Waals surface area contributed by atoms with Crippen LogP contribution in [0.3, 0.4) is 0 Å². The normalized spacial score (nSPS) is 15.0. The Morgan fingerprint density at radius 3 is 3.00 bits per heavy atom. The Balaban J connectivity index is 1.84. The van der Waals surface area contributed by atoms with E-state index in [2.05, 4.69) is 14.9 Å². The maximum absolute atomic E-state index is 11.9. The number of rotatable bonds is 2. The highest BCUT2D eigenvalue weighted by Crippen LogP contribution is 2.27. The molecule has 110 valence electrons. The lowest BCUT2D eigenvalue weighted by Gasteiger charge is -2.28. The molecule has 0 spiro atoms. The highest BCUT2D eigenvalue weighted by Gasteiger charge is 2.21. The number of benzene rings is 1. The molecule has 0 fully saturated rings. The minimum absolute atomic E-state index is 0.0158. The summed E-state index contributed by atoms with van der Waals surface area (Å²) in [5, 5.41) is 1.16. The van der Waals surface area contributed by atoms with Crippen LogP contribution in [0.4, 0.5) is 0 Å². The molecule has 0 unspecified atom stereocenters. The van der Waals surface area contributed by atoms with Crippen LogP contribution in [-0.2, 0) is 19.5 Å². The predicted molar refractivity (Wildman–Crippen MR) is 83.9 cm³/mol. The van der Waals surface area contributed by atoms with Gasteiger partial charge in [0.1, 0.15) is 5.82 Å². The van der Waals surface area contributed by atoms with E-state index in [1.807, 2.05) is 12.1 Å². The van der Waals surface area contributed by atoms with E-state index in [9.17, 15) is 4.79 Å². The first kappa shape index (κ1) is 14.6. The number of hydrogen-bond donors (Lipinski definition) is 1. The second-order valence-corrected chi connectivity index (χ2v) is 6.04. The lowest BCUT2D eigenvalue weighted by Crippen LogP contribution is -2.35. The Labute approximate surface area is 132 Å². The van der Waals surface area contributed by atoms with Crippen molar-refractivity contribution in [1.82, 2.24) is 14.9 Å². The average molecular weight is 324 g/mol. The summed E-state index contributed by atoms with van der Waals surface area (Å²) in [6.07, 6.45) is 0.704. The zero-order valence-electron chi connectivity index (χ0n) is 11.6. The van der Waals surface area contributed by atoms with Gasteiger partial charge in [0.2, 0.25) is 0 Å². The van der Waals surface area contributed by atoms with Crippen molar-refractivity contribution in [1.29, 1.82) is 0 Å². The number of aromatic nitrogens is 2. The quantitative estimate of drug-likeness (QED) is 0.924. The Hall–Kier alpha value is -1.36. The Kier molecular flexibility index (Phi) is 4.02. The number of aryl methyl sites for hydroxylation is 1. The van der Waals surface area contributed by atoms with E-state index < -0.39 is 0 Å². The number of aromatic amines is 1. The van der Waals surface area contributed by atoms with E-state index in [1.54, 1.807) is 13.0 Å². The van der Waals surface area contributed by atoms with Gasteiger partial charge < -0.3 is 4.98 Å². The maximum atomic E-state index is 11.9. The summed E-state index contributed by atoms with van der Waals surface area (Å²) in [4.78, 5) is 21.3. The zero-order valence-corrected chi connectivity index (χ0v) is 13.1. The van der Waals surface area contributed by atoms with Gasteiger partial charge in [-0.05, 0) is 25.0 Å². The van der Waals surface area contributed by atoms with Gasteiger partial charge >= 0.3 is 0 Å². The van der Waals surface area contributed by atoms with Crippen LogP contribution in [0.15, 0.2) is 23.0 Å². The topological polar surface area (TPSA) is 49.0 Å². The van der Waals surface area contributed by atoms with Gasteiger partial charge in [-0.1, -0.05) is 35.3 Å². The fraction of sp³-hybridized carbons (Fsp3) is 0.333. The first-order valence-corrected chi connectivity index (χ1v) is 7.54. The van der Waals surface area contributed by atoms with Crippen molar-refractivity contribution < 1.29 is 0 Å². The molecule has 1 aliphatic rings. The van der Waals surface area contributed by atoms with Crippen LogP contribution < -0.4 is 5.56 Å². The Morgan fingerprint density at radius 1 is 1.38 bits per heavy atom. The van der Waals surface area contributed by atoms with Gasteiger partial charge in [-0.3, -0.25) is 9.69 Å². The molecule has 21 heavy (non-hydrogen) atoms. The third kappa shape index (κ3) is 2.98. The van der Waals surface area contributed by atoms with E-state index in [4.69, 9.17) is 23.2 Å². The SMILES string of the molecule is Cc1nc2c(c(=O)[nH]1)CCN(Cc1cccc(Cl)c1Cl)C2. The lowest BCUT2D eigenvalue weighted by atomic mass is 10.1. The fourth-order valence-electron chi connectivity index (χ4n) is 2.66. The third-order valence-corrected chi connectivity index (χ3v) is 4.55.